The lowest BCUT2D eigenvalue weighted by atomic mass is 9.76. The van der Waals surface area contributed by atoms with Crippen LogP contribution in [0.15, 0.2) is 76.1 Å². The molecular formula is C29H27BrClN3O4S. The topological polar surface area (TPSA) is 84.7 Å². The Hall–Kier alpha value is -2.59. The summed E-state index contributed by atoms with van der Waals surface area (Å²) in [6, 6.07) is 20.9. The van der Waals surface area contributed by atoms with Gasteiger partial charge in [0.1, 0.15) is 0 Å². The summed E-state index contributed by atoms with van der Waals surface area (Å²) in [7, 11) is 0. The van der Waals surface area contributed by atoms with Crippen LogP contribution in [0.25, 0.3) is 0 Å². The van der Waals surface area contributed by atoms with Crippen molar-refractivity contribution in [3.63, 3.8) is 0 Å². The smallest absolute Gasteiger partial charge is 0.282 e. The molecule has 10 heteroatoms. The molecular weight excluding hydrogens is 602 g/mol. The number of morpholine rings is 1. The van der Waals surface area contributed by atoms with Crippen LogP contribution in [0.3, 0.4) is 0 Å². The monoisotopic (exact) mass is 627 g/mol. The van der Waals surface area contributed by atoms with Crippen LogP contribution in [0, 0.1) is 16.0 Å². The number of nitro groups is 1. The molecule has 3 aromatic rings. The molecule has 0 radical (unpaired) electrons. The van der Waals surface area contributed by atoms with Crippen molar-refractivity contribution in [2.75, 3.05) is 31.6 Å². The molecule has 6 rings (SSSR count). The van der Waals surface area contributed by atoms with E-state index >= 15 is 0 Å². The van der Waals surface area contributed by atoms with Gasteiger partial charge in [-0.2, -0.15) is 0 Å². The molecule has 3 aliphatic rings. The van der Waals surface area contributed by atoms with Crippen LogP contribution in [0.1, 0.15) is 39.9 Å². The van der Waals surface area contributed by atoms with E-state index < -0.39 is 0 Å². The number of nitro benzene ring substituents is 1. The van der Waals surface area contributed by atoms with Gasteiger partial charge >= 0.3 is 0 Å². The average Bonchev–Trinajstić information content (AvgIpc) is 3.29. The van der Waals surface area contributed by atoms with Crippen LogP contribution in [0.2, 0.25) is 0 Å². The third kappa shape index (κ3) is 5.06. The molecule has 1 saturated carbocycles. The number of alkyl halides is 1. The first kappa shape index (κ1) is 26.6. The van der Waals surface area contributed by atoms with Crippen LogP contribution in [-0.2, 0) is 4.74 Å². The van der Waals surface area contributed by atoms with Crippen LogP contribution in [0.4, 0.5) is 11.4 Å². The summed E-state index contributed by atoms with van der Waals surface area (Å²) in [5.41, 5.74) is 3.74. The minimum absolute atomic E-state index is 0.00869. The van der Waals surface area contributed by atoms with E-state index in [0.29, 0.717) is 36.8 Å². The molecule has 2 aliphatic heterocycles. The fourth-order valence-corrected chi connectivity index (χ4v) is 8.34. The predicted octanol–water partition coefficient (Wildman–Crippen LogP) is 6.87. The van der Waals surface area contributed by atoms with E-state index in [1.807, 2.05) is 35.2 Å². The van der Waals surface area contributed by atoms with E-state index in [2.05, 4.69) is 39.4 Å². The number of rotatable bonds is 5. The minimum atomic E-state index is -0.335. The molecule has 39 heavy (non-hydrogen) atoms. The van der Waals surface area contributed by atoms with Crippen molar-refractivity contribution in [1.29, 1.82) is 0 Å². The highest BCUT2D eigenvalue weighted by Crippen LogP contribution is 2.58. The lowest BCUT2D eigenvalue weighted by molar-refractivity contribution is -0.387. The molecule has 1 saturated heterocycles. The summed E-state index contributed by atoms with van der Waals surface area (Å²) >= 11 is 12.3. The minimum Gasteiger partial charge on any atom is -0.378 e. The van der Waals surface area contributed by atoms with Crippen molar-refractivity contribution in [1.82, 2.24) is 4.90 Å². The van der Waals surface area contributed by atoms with Gasteiger partial charge in [0.15, 0.2) is 0 Å². The van der Waals surface area contributed by atoms with Gasteiger partial charge in [0.2, 0.25) is 0 Å². The highest BCUT2D eigenvalue weighted by molar-refractivity contribution is 9.10. The molecule has 2 heterocycles. The summed E-state index contributed by atoms with van der Waals surface area (Å²) in [4.78, 5) is 27.5. The second kappa shape index (κ2) is 11.1. The second-order valence-electron chi connectivity index (χ2n) is 10.1. The molecule has 0 unspecified atom stereocenters. The summed E-state index contributed by atoms with van der Waals surface area (Å²) in [5, 5.41) is 15.1. The van der Waals surface area contributed by atoms with E-state index in [4.69, 9.17) is 16.3 Å². The molecule has 1 amide bonds. The zero-order valence-corrected chi connectivity index (χ0v) is 24.1. The third-order valence-electron chi connectivity index (χ3n) is 7.95. The number of fused-ring (bicyclic) bond motifs is 3. The molecule has 1 aliphatic carbocycles. The van der Waals surface area contributed by atoms with Crippen molar-refractivity contribution >= 4 is 56.6 Å². The summed E-state index contributed by atoms with van der Waals surface area (Å²) < 4.78 is 6.46. The number of carbonyl (C=O) groups excluding carboxylic acids is 1. The number of hydrogen-bond donors (Lipinski definition) is 1. The number of carbonyl (C=O) groups is 1. The second-order valence-corrected chi connectivity index (χ2v) is 12.8. The Morgan fingerprint density at radius 2 is 1.82 bits per heavy atom. The number of halogens is 2. The number of anilines is 1. The van der Waals surface area contributed by atoms with Crippen LogP contribution in [-0.4, -0.2) is 52.7 Å². The molecule has 2 fully saturated rings. The zero-order valence-electron chi connectivity index (χ0n) is 21.0. The fraction of sp³-hybridized carbons (Fsp3) is 0.345. The van der Waals surface area contributed by atoms with Crippen molar-refractivity contribution in [2.24, 2.45) is 5.92 Å². The largest absolute Gasteiger partial charge is 0.378 e. The summed E-state index contributed by atoms with van der Waals surface area (Å²) in [6.45, 7) is 2.21. The Balaban J connectivity index is 1.40. The van der Waals surface area contributed by atoms with Crippen molar-refractivity contribution < 1.29 is 14.5 Å². The molecule has 7 nitrogen and oxygen atoms in total. The number of nitrogens with one attached hydrogen (secondary N) is 1. The number of benzene rings is 3. The van der Waals surface area contributed by atoms with E-state index in [1.54, 1.807) is 18.2 Å². The number of para-hydroxylation sites is 2. The number of amides is 1. The Morgan fingerprint density at radius 1 is 1.08 bits per heavy atom. The predicted molar refractivity (Wildman–Crippen MR) is 157 cm³/mol. The molecule has 5 atom stereocenters. The van der Waals surface area contributed by atoms with Gasteiger partial charge in [-0.15, -0.1) is 23.4 Å². The SMILES string of the molecule is O=C(c1cccc2c1N[C@@H](c1ccc(Br)cc1)[C@@H]1C[C@@H](Sc3ccccc3[N+](=O)[O-])[C@@H](Cl)[C@@H]21)N1CCOCC1. The highest BCUT2D eigenvalue weighted by Gasteiger charge is 2.51. The zero-order chi connectivity index (χ0) is 27.1. The van der Waals surface area contributed by atoms with Gasteiger partial charge in [0.05, 0.1) is 45.7 Å². The number of nitrogens with zero attached hydrogens (tertiary/aromatic N) is 2. The van der Waals surface area contributed by atoms with Crippen LogP contribution < -0.4 is 5.32 Å². The maximum atomic E-state index is 13.7. The lowest BCUT2D eigenvalue weighted by Gasteiger charge is -2.39. The van der Waals surface area contributed by atoms with E-state index in [0.717, 1.165) is 27.7 Å². The first-order valence-electron chi connectivity index (χ1n) is 13.0. The van der Waals surface area contributed by atoms with Crippen molar-refractivity contribution in [2.45, 2.75) is 33.9 Å². The van der Waals surface area contributed by atoms with E-state index in [1.165, 1.54) is 11.8 Å². The highest BCUT2D eigenvalue weighted by atomic mass is 79.9. The molecule has 0 aromatic heterocycles. The van der Waals surface area contributed by atoms with Crippen LogP contribution >= 0.6 is 39.3 Å². The lowest BCUT2D eigenvalue weighted by Crippen LogP contribution is -2.41. The van der Waals surface area contributed by atoms with Gasteiger partial charge in [-0.05, 0) is 47.7 Å². The number of thioether (sulfide) groups is 1. The third-order valence-corrected chi connectivity index (χ3v) is 10.6. The maximum absolute atomic E-state index is 13.7. The Kier molecular flexibility index (Phi) is 7.59. The first-order valence-corrected chi connectivity index (χ1v) is 15.1. The van der Waals surface area contributed by atoms with Gasteiger partial charge in [-0.25, -0.2) is 0 Å². The molecule has 0 spiro atoms. The maximum Gasteiger partial charge on any atom is 0.282 e. The number of ether oxygens (including phenoxy) is 1. The molecule has 1 N–H and O–H groups in total. The van der Waals surface area contributed by atoms with Gasteiger partial charge in [-0.1, -0.05) is 52.3 Å². The summed E-state index contributed by atoms with van der Waals surface area (Å²) in [6.07, 6.45) is 0.782. The average molecular weight is 629 g/mol. The first-order chi connectivity index (χ1) is 18.9. The van der Waals surface area contributed by atoms with Gasteiger partial charge < -0.3 is 15.0 Å². The Bertz CT molecular complexity index is 1400. The molecule has 3 aromatic carbocycles. The molecule has 0 bridgehead atoms. The normalized spacial score (nSPS) is 25.9. The quantitative estimate of drug-likeness (QED) is 0.189. The fourth-order valence-electron chi connectivity index (χ4n) is 6.13. The standard InChI is InChI=1S/C29H27BrClN3O4S/c30-18-10-8-17(9-11-18)27-21-16-24(39-23-7-2-1-6-22(23)34(36)37)26(31)25(21)19-4-3-5-20(28(19)32-27)29(35)33-12-14-38-15-13-33/h1-11,21,24-27,32H,12-16H2/t21-,24-,25+,26-,27+/m1/s1. The summed E-state index contributed by atoms with van der Waals surface area (Å²) in [5.74, 6) is 0.120. The van der Waals surface area contributed by atoms with Gasteiger partial charge in [0.25, 0.3) is 11.6 Å². The van der Waals surface area contributed by atoms with Crippen molar-refractivity contribution in [3.05, 3.63) is 98.0 Å². The molecule has 202 valence electrons. The van der Waals surface area contributed by atoms with Gasteiger partial charge in [0, 0.05) is 34.8 Å². The Labute approximate surface area is 244 Å². The van der Waals surface area contributed by atoms with E-state index in [-0.39, 0.29) is 45.0 Å². The number of hydrogen-bond acceptors (Lipinski definition) is 6. The van der Waals surface area contributed by atoms with E-state index in [9.17, 15) is 14.9 Å². The van der Waals surface area contributed by atoms with Crippen molar-refractivity contribution in [3.8, 4) is 0 Å². The van der Waals surface area contributed by atoms with Crippen LogP contribution in [0.5, 0.6) is 0 Å². The van der Waals surface area contributed by atoms with Gasteiger partial charge in [-0.3, -0.25) is 14.9 Å². The Morgan fingerprint density at radius 3 is 2.56 bits per heavy atom.